The van der Waals surface area contributed by atoms with E-state index < -0.39 is 0 Å². The fourth-order valence-corrected chi connectivity index (χ4v) is 2.33. The topological polar surface area (TPSA) is 21.3 Å². The summed E-state index contributed by atoms with van der Waals surface area (Å²) in [5.41, 5.74) is 1.09. The van der Waals surface area contributed by atoms with Gasteiger partial charge in [-0.3, -0.25) is 0 Å². The van der Waals surface area contributed by atoms with Crippen molar-refractivity contribution in [2.75, 3.05) is 20.3 Å². The Morgan fingerprint density at radius 3 is 2.58 bits per heavy atom. The smallest absolute Gasteiger partial charge is 0.131 e. The van der Waals surface area contributed by atoms with E-state index in [0.717, 1.165) is 23.9 Å². The number of benzene rings is 2. The van der Waals surface area contributed by atoms with Crippen LogP contribution in [0.1, 0.15) is 24.9 Å². The first-order valence-electron chi connectivity index (χ1n) is 6.67. The number of nitrogens with one attached hydrogen (secondary N) is 1. The first-order chi connectivity index (χ1) is 9.27. The van der Waals surface area contributed by atoms with Crippen LogP contribution in [0.3, 0.4) is 0 Å². The predicted molar refractivity (Wildman–Crippen MR) is 76.8 cm³/mol. The van der Waals surface area contributed by atoms with Crippen molar-refractivity contribution < 1.29 is 9.13 Å². The van der Waals surface area contributed by atoms with Crippen LogP contribution >= 0.6 is 0 Å². The Bertz CT molecular complexity index is 541. The zero-order valence-electron chi connectivity index (χ0n) is 11.4. The fraction of sp³-hybridized carbons (Fsp3) is 0.375. The van der Waals surface area contributed by atoms with E-state index in [1.54, 1.807) is 7.11 Å². The standard InChI is InChI=1S/C16H20FNO/c1-3-10-18-16(11-19-2)14-8-9-15(17)13-7-5-4-6-12(13)14/h4-9,16,18H,3,10-11H2,1-2H3. The lowest BCUT2D eigenvalue weighted by molar-refractivity contribution is 0.167. The molecule has 2 aromatic rings. The molecule has 0 amide bonds. The SMILES string of the molecule is CCCNC(COC)c1ccc(F)c2ccccc12. The Hall–Kier alpha value is -1.45. The van der Waals surface area contributed by atoms with Crippen LogP contribution in [0.5, 0.6) is 0 Å². The minimum Gasteiger partial charge on any atom is -0.383 e. The van der Waals surface area contributed by atoms with Crippen molar-refractivity contribution >= 4 is 10.8 Å². The van der Waals surface area contributed by atoms with Crippen LogP contribution in [0.15, 0.2) is 36.4 Å². The number of hydrogen-bond acceptors (Lipinski definition) is 2. The van der Waals surface area contributed by atoms with E-state index in [9.17, 15) is 4.39 Å². The maximum absolute atomic E-state index is 13.8. The second-order valence-electron chi connectivity index (χ2n) is 4.64. The molecule has 1 unspecified atom stereocenters. The first-order valence-corrected chi connectivity index (χ1v) is 6.67. The van der Waals surface area contributed by atoms with Crippen LogP contribution in [0.25, 0.3) is 10.8 Å². The van der Waals surface area contributed by atoms with Crippen LogP contribution < -0.4 is 5.32 Å². The van der Waals surface area contributed by atoms with Crippen molar-refractivity contribution in [3.63, 3.8) is 0 Å². The summed E-state index contributed by atoms with van der Waals surface area (Å²) >= 11 is 0. The molecule has 0 aromatic heterocycles. The quantitative estimate of drug-likeness (QED) is 0.856. The van der Waals surface area contributed by atoms with Gasteiger partial charge < -0.3 is 10.1 Å². The average molecular weight is 261 g/mol. The predicted octanol–water partition coefficient (Wildman–Crippen LogP) is 3.67. The zero-order chi connectivity index (χ0) is 13.7. The van der Waals surface area contributed by atoms with Crippen LogP contribution in [0, 0.1) is 5.82 Å². The maximum Gasteiger partial charge on any atom is 0.131 e. The monoisotopic (exact) mass is 261 g/mol. The lowest BCUT2D eigenvalue weighted by Gasteiger charge is -2.20. The van der Waals surface area contributed by atoms with Gasteiger partial charge in [0.2, 0.25) is 0 Å². The Morgan fingerprint density at radius 2 is 1.89 bits per heavy atom. The molecule has 2 rings (SSSR count). The maximum atomic E-state index is 13.8. The van der Waals surface area contributed by atoms with Gasteiger partial charge in [-0.05, 0) is 30.0 Å². The highest BCUT2D eigenvalue weighted by atomic mass is 19.1. The molecule has 0 heterocycles. The van der Waals surface area contributed by atoms with Crippen LogP contribution in [-0.4, -0.2) is 20.3 Å². The van der Waals surface area contributed by atoms with Crippen molar-refractivity contribution in [3.05, 3.63) is 47.8 Å². The van der Waals surface area contributed by atoms with Crippen molar-refractivity contribution in [1.82, 2.24) is 5.32 Å². The number of hydrogen-bond donors (Lipinski definition) is 1. The van der Waals surface area contributed by atoms with E-state index in [4.69, 9.17) is 4.74 Å². The minimum absolute atomic E-state index is 0.0930. The van der Waals surface area contributed by atoms with E-state index in [1.165, 1.54) is 6.07 Å². The third-order valence-electron chi connectivity index (χ3n) is 3.25. The lowest BCUT2D eigenvalue weighted by Crippen LogP contribution is -2.26. The van der Waals surface area contributed by atoms with Crippen LogP contribution in [0.2, 0.25) is 0 Å². The molecule has 1 atom stereocenters. The lowest BCUT2D eigenvalue weighted by atomic mass is 9.98. The molecule has 1 N–H and O–H groups in total. The molecule has 2 nitrogen and oxygen atoms in total. The molecule has 0 saturated heterocycles. The Balaban J connectivity index is 2.44. The molecule has 0 aliphatic carbocycles. The Kier molecular flexibility index (Phi) is 4.88. The van der Waals surface area contributed by atoms with Gasteiger partial charge in [0, 0.05) is 12.5 Å². The van der Waals surface area contributed by atoms with Crippen molar-refractivity contribution in [3.8, 4) is 0 Å². The van der Waals surface area contributed by atoms with Gasteiger partial charge in [0.15, 0.2) is 0 Å². The highest BCUT2D eigenvalue weighted by Gasteiger charge is 2.14. The highest BCUT2D eigenvalue weighted by Crippen LogP contribution is 2.26. The summed E-state index contributed by atoms with van der Waals surface area (Å²) in [5.74, 6) is -0.175. The largest absolute Gasteiger partial charge is 0.383 e. The molecule has 0 fully saturated rings. The van der Waals surface area contributed by atoms with E-state index in [0.29, 0.717) is 12.0 Å². The van der Waals surface area contributed by atoms with Crippen molar-refractivity contribution in [1.29, 1.82) is 0 Å². The third kappa shape index (κ3) is 3.11. The van der Waals surface area contributed by atoms with Crippen molar-refractivity contribution in [2.45, 2.75) is 19.4 Å². The molecule has 0 aliphatic heterocycles. The van der Waals surface area contributed by atoms with E-state index >= 15 is 0 Å². The second kappa shape index (κ2) is 6.64. The van der Waals surface area contributed by atoms with E-state index in [-0.39, 0.29) is 11.9 Å². The molecule has 0 spiro atoms. The molecule has 0 radical (unpaired) electrons. The normalized spacial score (nSPS) is 12.8. The summed E-state index contributed by atoms with van der Waals surface area (Å²) in [6, 6.07) is 11.1. The van der Waals surface area contributed by atoms with Gasteiger partial charge in [-0.25, -0.2) is 4.39 Å². The zero-order valence-corrected chi connectivity index (χ0v) is 11.4. The Labute approximate surface area is 113 Å². The average Bonchev–Trinajstić information content (AvgIpc) is 2.45. The second-order valence-corrected chi connectivity index (χ2v) is 4.64. The molecule has 0 saturated carbocycles. The molecule has 0 aliphatic rings. The molecular weight excluding hydrogens is 241 g/mol. The van der Waals surface area contributed by atoms with E-state index in [2.05, 4.69) is 12.2 Å². The van der Waals surface area contributed by atoms with E-state index in [1.807, 2.05) is 30.3 Å². The summed E-state index contributed by atoms with van der Waals surface area (Å²) in [6.07, 6.45) is 1.05. The van der Waals surface area contributed by atoms with Crippen molar-refractivity contribution in [2.24, 2.45) is 0 Å². The Morgan fingerprint density at radius 1 is 1.16 bits per heavy atom. The van der Waals surface area contributed by atoms with Gasteiger partial charge in [0.1, 0.15) is 5.82 Å². The molecule has 3 heteroatoms. The van der Waals surface area contributed by atoms with Gasteiger partial charge >= 0.3 is 0 Å². The van der Waals surface area contributed by atoms with Crippen LogP contribution in [-0.2, 0) is 4.74 Å². The molecule has 0 bridgehead atoms. The van der Waals surface area contributed by atoms with Gasteiger partial charge in [0.25, 0.3) is 0 Å². The minimum atomic E-state index is -0.175. The summed E-state index contributed by atoms with van der Waals surface area (Å²) in [6.45, 7) is 3.62. The number of methoxy groups -OCH3 is 1. The number of ether oxygens (including phenoxy) is 1. The van der Waals surface area contributed by atoms with Gasteiger partial charge in [-0.15, -0.1) is 0 Å². The summed E-state index contributed by atoms with van der Waals surface area (Å²) in [4.78, 5) is 0. The molecular formula is C16H20FNO. The van der Waals surface area contributed by atoms with Gasteiger partial charge in [0.05, 0.1) is 12.6 Å². The first kappa shape index (κ1) is 14.0. The molecule has 19 heavy (non-hydrogen) atoms. The number of fused-ring (bicyclic) bond motifs is 1. The highest BCUT2D eigenvalue weighted by molar-refractivity contribution is 5.86. The number of halogens is 1. The van der Waals surface area contributed by atoms with Gasteiger partial charge in [-0.2, -0.15) is 0 Å². The summed E-state index contributed by atoms with van der Waals surface area (Å²) in [5, 5.41) is 5.07. The molecule has 102 valence electrons. The fourth-order valence-electron chi connectivity index (χ4n) is 2.33. The summed E-state index contributed by atoms with van der Waals surface area (Å²) < 4.78 is 19.1. The third-order valence-corrected chi connectivity index (χ3v) is 3.25. The van der Waals surface area contributed by atoms with Crippen LogP contribution in [0.4, 0.5) is 4.39 Å². The molecule has 2 aromatic carbocycles. The van der Waals surface area contributed by atoms with Gasteiger partial charge in [-0.1, -0.05) is 37.3 Å². The summed E-state index contributed by atoms with van der Waals surface area (Å²) in [7, 11) is 1.69. The number of rotatable bonds is 6.